The summed E-state index contributed by atoms with van der Waals surface area (Å²) in [6.45, 7) is 2.34. The number of benzene rings is 3. The number of carbonyl (C=O) groups is 3. The highest BCUT2D eigenvalue weighted by Gasteiger charge is 2.36. The average molecular weight is 447 g/mol. The molecule has 5 nitrogen and oxygen atoms in total. The number of ketones is 1. The Morgan fingerprint density at radius 1 is 1.03 bits per heavy atom. The van der Waals surface area contributed by atoms with Crippen molar-refractivity contribution in [1.82, 2.24) is 0 Å². The first-order valence-electron chi connectivity index (χ1n) is 10.6. The fraction of sp³-hybridized carbons (Fsp3) is 0.192. The molecule has 1 unspecified atom stereocenters. The normalized spacial score (nSPS) is 15.6. The average Bonchev–Trinajstić information content (AvgIpc) is 3.21. The Bertz CT molecular complexity index is 1180. The van der Waals surface area contributed by atoms with E-state index in [9.17, 15) is 14.4 Å². The summed E-state index contributed by atoms with van der Waals surface area (Å²) >= 11 is 6.13. The van der Waals surface area contributed by atoms with Crippen molar-refractivity contribution in [3.63, 3.8) is 0 Å². The summed E-state index contributed by atoms with van der Waals surface area (Å²) in [5, 5.41) is 3.26. The Hall–Kier alpha value is -3.44. The predicted molar refractivity (Wildman–Crippen MR) is 126 cm³/mol. The zero-order chi connectivity index (χ0) is 22.7. The summed E-state index contributed by atoms with van der Waals surface area (Å²) in [6.07, 6.45) is 0.923. The molecule has 0 spiro atoms. The van der Waals surface area contributed by atoms with Crippen LogP contribution in [0, 0.1) is 5.92 Å². The minimum Gasteiger partial charge on any atom is -0.325 e. The molecule has 0 saturated carbocycles. The lowest BCUT2D eigenvalue weighted by atomic mass is 10.0. The molecule has 1 fully saturated rings. The molecule has 1 N–H and O–H groups in total. The summed E-state index contributed by atoms with van der Waals surface area (Å²) in [5.41, 5.74) is 3.11. The van der Waals surface area contributed by atoms with Gasteiger partial charge in [-0.15, -0.1) is 0 Å². The van der Waals surface area contributed by atoms with Gasteiger partial charge < -0.3 is 10.2 Å². The molecule has 1 aliphatic rings. The van der Waals surface area contributed by atoms with Crippen molar-refractivity contribution in [3.8, 4) is 0 Å². The van der Waals surface area contributed by atoms with E-state index in [1.165, 1.54) is 0 Å². The van der Waals surface area contributed by atoms with E-state index < -0.39 is 5.92 Å². The summed E-state index contributed by atoms with van der Waals surface area (Å²) in [5.74, 6) is -1.12. The number of para-hydroxylation sites is 1. The molecule has 0 radical (unpaired) electrons. The second-order valence-corrected chi connectivity index (χ2v) is 8.20. The first-order chi connectivity index (χ1) is 15.5. The van der Waals surface area contributed by atoms with Gasteiger partial charge in [0.1, 0.15) is 0 Å². The van der Waals surface area contributed by atoms with E-state index in [2.05, 4.69) is 5.32 Å². The number of rotatable bonds is 6. The molecule has 4 rings (SSSR count). The Morgan fingerprint density at radius 2 is 1.75 bits per heavy atom. The zero-order valence-corrected chi connectivity index (χ0v) is 18.4. The molecule has 2 amide bonds. The lowest BCUT2D eigenvalue weighted by Gasteiger charge is -2.20. The zero-order valence-electron chi connectivity index (χ0n) is 17.7. The quantitative estimate of drug-likeness (QED) is 0.534. The number of hydrogen-bond acceptors (Lipinski definition) is 3. The third-order valence-corrected chi connectivity index (χ3v) is 5.91. The van der Waals surface area contributed by atoms with E-state index in [-0.39, 0.29) is 24.0 Å². The number of anilines is 2. The standard InChI is InChI=1S/C26H23ClN2O3/c1-2-17-8-6-7-11-23(17)29-16-19(14-24(29)30)26(32)28-22-13-12-20(27)15-21(22)25(31)18-9-4-3-5-10-18/h3-13,15,19H,2,14,16H2,1H3,(H,28,32). The minimum atomic E-state index is -0.511. The lowest BCUT2D eigenvalue weighted by molar-refractivity contribution is -0.122. The third-order valence-electron chi connectivity index (χ3n) is 5.68. The topological polar surface area (TPSA) is 66.5 Å². The van der Waals surface area contributed by atoms with Crippen molar-refractivity contribution in [2.24, 2.45) is 5.92 Å². The summed E-state index contributed by atoms with van der Waals surface area (Å²) in [6, 6.07) is 21.4. The van der Waals surface area contributed by atoms with Crippen LogP contribution in [0.25, 0.3) is 0 Å². The summed E-state index contributed by atoms with van der Waals surface area (Å²) in [4.78, 5) is 40.4. The SMILES string of the molecule is CCc1ccccc1N1CC(C(=O)Nc2ccc(Cl)cc2C(=O)c2ccccc2)CC1=O. The second-order valence-electron chi connectivity index (χ2n) is 7.76. The molecule has 0 bridgehead atoms. The number of carbonyl (C=O) groups excluding carboxylic acids is 3. The molecule has 0 aliphatic carbocycles. The van der Waals surface area contributed by atoms with E-state index in [1.807, 2.05) is 37.3 Å². The number of nitrogens with one attached hydrogen (secondary N) is 1. The van der Waals surface area contributed by atoms with Gasteiger partial charge in [-0.1, -0.05) is 67.1 Å². The van der Waals surface area contributed by atoms with Crippen molar-refractivity contribution >= 4 is 40.6 Å². The maximum absolute atomic E-state index is 13.1. The fourth-order valence-electron chi connectivity index (χ4n) is 3.98. The Kier molecular flexibility index (Phi) is 6.37. The number of hydrogen-bond donors (Lipinski definition) is 1. The number of halogens is 1. The molecule has 1 saturated heterocycles. The molecule has 32 heavy (non-hydrogen) atoms. The van der Waals surface area contributed by atoms with Crippen LogP contribution in [0.5, 0.6) is 0 Å². The van der Waals surface area contributed by atoms with Crippen LogP contribution < -0.4 is 10.2 Å². The summed E-state index contributed by atoms with van der Waals surface area (Å²) < 4.78 is 0. The fourth-order valence-corrected chi connectivity index (χ4v) is 4.15. The molecule has 6 heteroatoms. The van der Waals surface area contributed by atoms with E-state index in [4.69, 9.17) is 11.6 Å². The predicted octanol–water partition coefficient (Wildman–Crippen LogP) is 5.13. The third kappa shape index (κ3) is 4.43. The van der Waals surface area contributed by atoms with Gasteiger partial charge in [0.2, 0.25) is 11.8 Å². The van der Waals surface area contributed by atoms with Gasteiger partial charge >= 0.3 is 0 Å². The molecule has 3 aromatic rings. The van der Waals surface area contributed by atoms with Crippen LogP contribution in [0.15, 0.2) is 72.8 Å². The summed E-state index contributed by atoms with van der Waals surface area (Å²) in [7, 11) is 0. The first kappa shape index (κ1) is 21.8. The molecular weight excluding hydrogens is 424 g/mol. The maximum atomic E-state index is 13.1. The maximum Gasteiger partial charge on any atom is 0.229 e. The molecule has 162 valence electrons. The number of nitrogens with zero attached hydrogens (tertiary/aromatic N) is 1. The number of aryl methyl sites for hydroxylation is 1. The largest absolute Gasteiger partial charge is 0.325 e. The molecule has 1 atom stereocenters. The lowest BCUT2D eigenvalue weighted by Crippen LogP contribution is -2.29. The van der Waals surface area contributed by atoms with Crippen LogP contribution >= 0.6 is 11.6 Å². The van der Waals surface area contributed by atoms with Gasteiger partial charge in [0.15, 0.2) is 5.78 Å². The molecule has 1 heterocycles. The van der Waals surface area contributed by atoms with Gasteiger partial charge in [-0.3, -0.25) is 14.4 Å². The van der Waals surface area contributed by atoms with Crippen molar-refractivity contribution in [1.29, 1.82) is 0 Å². The Balaban J connectivity index is 1.55. The second kappa shape index (κ2) is 9.37. The van der Waals surface area contributed by atoms with Gasteiger partial charge in [-0.05, 0) is 36.2 Å². The van der Waals surface area contributed by atoms with Gasteiger partial charge in [-0.2, -0.15) is 0 Å². The van der Waals surface area contributed by atoms with Crippen LogP contribution in [-0.2, 0) is 16.0 Å². The smallest absolute Gasteiger partial charge is 0.229 e. The highest BCUT2D eigenvalue weighted by Crippen LogP contribution is 2.30. The highest BCUT2D eigenvalue weighted by molar-refractivity contribution is 6.31. The van der Waals surface area contributed by atoms with E-state index >= 15 is 0 Å². The van der Waals surface area contributed by atoms with Crippen LogP contribution in [0.2, 0.25) is 5.02 Å². The molecular formula is C26H23ClN2O3. The minimum absolute atomic E-state index is 0.0808. The van der Waals surface area contributed by atoms with Crippen LogP contribution in [0.3, 0.4) is 0 Å². The molecule has 1 aliphatic heterocycles. The van der Waals surface area contributed by atoms with Crippen molar-refractivity contribution in [2.45, 2.75) is 19.8 Å². The monoisotopic (exact) mass is 446 g/mol. The van der Waals surface area contributed by atoms with E-state index in [1.54, 1.807) is 47.4 Å². The van der Waals surface area contributed by atoms with Gasteiger partial charge in [0, 0.05) is 34.8 Å². The van der Waals surface area contributed by atoms with Crippen molar-refractivity contribution in [3.05, 3.63) is 94.5 Å². The van der Waals surface area contributed by atoms with Crippen LogP contribution in [-0.4, -0.2) is 24.1 Å². The van der Waals surface area contributed by atoms with Crippen molar-refractivity contribution in [2.75, 3.05) is 16.8 Å². The Labute approximate surface area is 192 Å². The van der Waals surface area contributed by atoms with Crippen LogP contribution in [0.1, 0.15) is 34.8 Å². The van der Waals surface area contributed by atoms with Gasteiger partial charge in [0.25, 0.3) is 0 Å². The van der Waals surface area contributed by atoms with Crippen LogP contribution in [0.4, 0.5) is 11.4 Å². The first-order valence-corrected chi connectivity index (χ1v) is 10.9. The van der Waals surface area contributed by atoms with Crippen molar-refractivity contribution < 1.29 is 14.4 Å². The highest BCUT2D eigenvalue weighted by atomic mass is 35.5. The van der Waals surface area contributed by atoms with E-state index in [0.29, 0.717) is 28.4 Å². The van der Waals surface area contributed by atoms with Gasteiger partial charge in [-0.25, -0.2) is 0 Å². The van der Waals surface area contributed by atoms with Gasteiger partial charge in [0.05, 0.1) is 11.6 Å². The molecule has 3 aromatic carbocycles. The number of amides is 2. The van der Waals surface area contributed by atoms with E-state index in [0.717, 1.165) is 17.7 Å². The Morgan fingerprint density at radius 3 is 2.50 bits per heavy atom. The molecule has 0 aromatic heterocycles.